The molecule has 0 spiro atoms. The number of benzene rings is 2. The number of anilines is 1. The number of furan rings is 1. The van der Waals surface area contributed by atoms with E-state index in [-0.39, 0.29) is 5.75 Å². The molecule has 2 aromatic carbocycles. The molecule has 0 aliphatic carbocycles. The predicted octanol–water partition coefficient (Wildman–Crippen LogP) is 4.46. The smallest absolute Gasteiger partial charge is 0.337 e. The zero-order valence-electron chi connectivity index (χ0n) is 14.3. The van der Waals surface area contributed by atoms with Gasteiger partial charge in [0, 0.05) is 12.6 Å². The number of aryl methyl sites for hydroxylation is 1. The van der Waals surface area contributed by atoms with Gasteiger partial charge in [0.2, 0.25) is 5.88 Å². The molecule has 1 aromatic heterocycles. The molecular weight excluding hydrogens is 318 g/mol. The molecule has 0 saturated heterocycles. The largest absolute Gasteiger partial charge is 0.504 e. The van der Waals surface area contributed by atoms with Crippen molar-refractivity contribution >= 4 is 11.9 Å². The zero-order valence-corrected chi connectivity index (χ0v) is 14.3. The van der Waals surface area contributed by atoms with Crippen molar-refractivity contribution in [2.45, 2.75) is 6.92 Å². The highest BCUT2D eigenvalue weighted by atomic mass is 16.5. The van der Waals surface area contributed by atoms with Crippen LogP contribution in [0, 0.1) is 6.92 Å². The molecular formula is C20H19NO4. The Morgan fingerprint density at radius 1 is 1.16 bits per heavy atom. The average molecular weight is 337 g/mol. The van der Waals surface area contributed by atoms with Crippen molar-refractivity contribution in [1.29, 1.82) is 0 Å². The van der Waals surface area contributed by atoms with Crippen LogP contribution in [-0.2, 0) is 4.74 Å². The Morgan fingerprint density at radius 3 is 2.52 bits per heavy atom. The van der Waals surface area contributed by atoms with Gasteiger partial charge in [-0.2, -0.15) is 0 Å². The van der Waals surface area contributed by atoms with Crippen LogP contribution >= 0.6 is 0 Å². The molecule has 0 bridgehead atoms. The second-order valence-corrected chi connectivity index (χ2v) is 5.62. The summed E-state index contributed by atoms with van der Waals surface area (Å²) < 4.78 is 10.6. The van der Waals surface area contributed by atoms with Crippen molar-refractivity contribution in [3.8, 4) is 28.2 Å². The molecule has 2 N–H and O–H groups in total. The van der Waals surface area contributed by atoms with Gasteiger partial charge in [-0.15, -0.1) is 0 Å². The molecule has 0 saturated carbocycles. The highest BCUT2D eigenvalue weighted by Gasteiger charge is 2.24. The van der Waals surface area contributed by atoms with E-state index in [2.05, 4.69) is 5.32 Å². The fourth-order valence-corrected chi connectivity index (χ4v) is 2.77. The van der Waals surface area contributed by atoms with E-state index in [4.69, 9.17) is 9.15 Å². The van der Waals surface area contributed by atoms with Gasteiger partial charge in [0.15, 0.2) is 11.5 Å². The van der Waals surface area contributed by atoms with Gasteiger partial charge in [0.1, 0.15) is 0 Å². The molecule has 3 aromatic rings. The first-order valence-corrected chi connectivity index (χ1v) is 7.85. The number of methoxy groups -OCH3 is 1. The summed E-state index contributed by atoms with van der Waals surface area (Å²) in [5.41, 5.74) is 3.30. The number of rotatable bonds is 4. The Kier molecular flexibility index (Phi) is 4.48. The van der Waals surface area contributed by atoms with Gasteiger partial charge in [0.05, 0.1) is 18.2 Å². The maximum atomic E-state index is 11.9. The fourth-order valence-electron chi connectivity index (χ4n) is 2.77. The molecule has 5 heteroatoms. The first-order chi connectivity index (χ1) is 12.1. The minimum Gasteiger partial charge on any atom is -0.504 e. The standard InChI is InChI=1S/C20H19NO4/c1-12-9-10-14(20(23)24-3)11-15(12)16-17(22)18(25-19(16)21-2)13-7-5-4-6-8-13/h4-11,21-22H,1-3H3. The molecule has 0 fully saturated rings. The summed E-state index contributed by atoms with van der Waals surface area (Å²) in [5, 5.41) is 13.8. The van der Waals surface area contributed by atoms with Crippen molar-refractivity contribution in [2.24, 2.45) is 0 Å². The molecule has 1 heterocycles. The van der Waals surface area contributed by atoms with Crippen molar-refractivity contribution in [2.75, 3.05) is 19.5 Å². The minimum atomic E-state index is -0.432. The van der Waals surface area contributed by atoms with E-state index < -0.39 is 5.97 Å². The summed E-state index contributed by atoms with van der Waals surface area (Å²) in [5.74, 6) is 0.406. The lowest BCUT2D eigenvalue weighted by Gasteiger charge is -2.09. The van der Waals surface area contributed by atoms with Crippen LogP contribution in [0.25, 0.3) is 22.5 Å². The third-order valence-corrected chi connectivity index (χ3v) is 4.07. The molecule has 128 valence electrons. The van der Waals surface area contributed by atoms with E-state index in [0.29, 0.717) is 28.3 Å². The van der Waals surface area contributed by atoms with Gasteiger partial charge >= 0.3 is 5.97 Å². The van der Waals surface area contributed by atoms with Gasteiger partial charge in [-0.1, -0.05) is 36.4 Å². The monoisotopic (exact) mass is 337 g/mol. The Morgan fingerprint density at radius 2 is 1.88 bits per heavy atom. The second-order valence-electron chi connectivity index (χ2n) is 5.62. The Labute approximate surface area is 145 Å². The quantitative estimate of drug-likeness (QED) is 0.688. The second kappa shape index (κ2) is 6.73. The van der Waals surface area contributed by atoms with E-state index >= 15 is 0 Å². The first kappa shape index (κ1) is 16.6. The normalized spacial score (nSPS) is 10.5. The van der Waals surface area contributed by atoms with Crippen LogP contribution in [0.5, 0.6) is 5.75 Å². The summed E-state index contributed by atoms with van der Waals surface area (Å²) in [6.07, 6.45) is 0. The van der Waals surface area contributed by atoms with Crippen molar-refractivity contribution < 1.29 is 19.1 Å². The maximum absolute atomic E-state index is 11.9. The van der Waals surface area contributed by atoms with Crippen LogP contribution in [0.15, 0.2) is 52.9 Å². The van der Waals surface area contributed by atoms with Gasteiger partial charge in [-0.25, -0.2) is 4.79 Å². The highest BCUT2D eigenvalue weighted by Crippen LogP contribution is 2.47. The summed E-state index contributed by atoms with van der Waals surface area (Å²) in [6, 6.07) is 14.6. The molecule has 3 rings (SSSR count). The summed E-state index contributed by atoms with van der Waals surface area (Å²) in [7, 11) is 3.06. The van der Waals surface area contributed by atoms with Crippen LogP contribution in [0.1, 0.15) is 15.9 Å². The number of ether oxygens (including phenoxy) is 1. The number of hydrogen-bond acceptors (Lipinski definition) is 5. The Hall–Kier alpha value is -3.21. The maximum Gasteiger partial charge on any atom is 0.337 e. The number of nitrogens with one attached hydrogen (secondary N) is 1. The van der Waals surface area contributed by atoms with Gasteiger partial charge in [-0.3, -0.25) is 0 Å². The van der Waals surface area contributed by atoms with Crippen LogP contribution in [-0.4, -0.2) is 25.2 Å². The topological polar surface area (TPSA) is 71.7 Å². The molecule has 0 unspecified atom stereocenters. The molecule has 0 atom stereocenters. The number of hydrogen-bond donors (Lipinski definition) is 2. The first-order valence-electron chi connectivity index (χ1n) is 7.85. The lowest BCUT2D eigenvalue weighted by atomic mass is 9.98. The van der Waals surface area contributed by atoms with Crippen LogP contribution in [0.2, 0.25) is 0 Å². The van der Waals surface area contributed by atoms with E-state index in [9.17, 15) is 9.90 Å². The van der Waals surface area contributed by atoms with E-state index in [1.165, 1.54) is 7.11 Å². The Bertz CT molecular complexity index is 913. The van der Waals surface area contributed by atoms with Crippen LogP contribution in [0.3, 0.4) is 0 Å². The fraction of sp³-hybridized carbons (Fsp3) is 0.150. The van der Waals surface area contributed by atoms with Crippen molar-refractivity contribution in [3.05, 3.63) is 59.7 Å². The highest BCUT2D eigenvalue weighted by molar-refractivity contribution is 5.94. The SMILES string of the molecule is CNc1oc(-c2ccccc2)c(O)c1-c1cc(C(=O)OC)ccc1C. The molecule has 5 nitrogen and oxygen atoms in total. The van der Waals surface area contributed by atoms with Crippen LogP contribution < -0.4 is 5.32 Å². The molecule has 0 aliphatic heterocycles. The Balaban J connectivity index is 2.21. The van der Waals surface area contributed by atoms with Gasteiger partial charge in [0.25, 0.3) is 0 Å². The average Bonchev–Trinajstić information content (AvgIpc) is 2.98. The van der Waals surface area contributed by atoms with Crippen molar-refractivity contribution in [1.82, 2.24) is 0 Å². The van der Waals surface area contributed by atoms with Crippen molar-refractivity contribution in [3.63, 3.8) is 0 Å². The zero-order chi connectivity index (χ0) is 18.0. The van der Waals surface area contributed by atoms with E-state index in [1.54, 1.807) is 19.2 Å². The molecule has 0 amide bonds. The summed E-state index contributed by atoms with van der Waals surface area (Å²) in [6.45, 7) is 1.91. The van der Waals surface area contributed by atoms with Gasteiger partial charge < -0.3 is 19.6 Å². The van der Waals surface area contributed by atoms with E-state index in [0.717, 1.165) is 11.1 Å². The molecule has 0 aliphatic rings. The number of aromatic hydroxyl groups is 1. The minimum absolute atomic E-state index is 0.0284. The number of carbonyl (C=O) groups is 1. The lowest BCUT2D eigenvalue weighted by molar-refractivity contribution is 0.0601. The lowest BCUT2D eigenvalue weighted by Crippen LogP contribution is -2.02. The third-order valence-electron chi connectivity index (χ3n) is 4.07. The summed E-state index contributed by atoms with van der Waals surface area (Å²) in [4.78, 5) is 11.9. The van der Waals surface area contributed by atoms with Crippen LogP contribution in [0.4, 0.5) is 5.88 Å². The number of esters is 1. The predicted molar refractivity (Wildman–Crippen MR) is 96.9 cm³/mol. The molecule has 25 heavy (non-hydrogen) atoms. The number of carbonyl (C=O) groups excluding carboxylic acids is 1. The third kappa shape index (κ3) is 2.96. The summed E-state index contributed by atoms with van der Waals surface area (Å²) >= 11 is 0. The van der Waals surface area contributed by atoms with E-state index in [1.807, 2.05) is 43.3 Å². The molecule has 0 radical (unpaired) electrons. The van der Waals surface area contributed by atoms with Gasteiger partial charge in [-0.05, 0) is 30.2 Å².